The highest BCUT2D eigenvalue weighted by Crippen LogP contribution is 2.38. The first-order chi connectivity index (χ1) is 10.0. The zero-order valence-electron chi connectivity index (χ0n) is 15.2. The number of ether oxygens (including phenoxy) is 1. The SMILES string of the molecule is CCCCCCC(C)OC1(CNC)CCC(C(C)C)CC1. The summed E-state index contributed by atoms with van der Waals surface area (Å²) in [6.07, 6.45) is 12.1. The highest BCUT2D eigenvalue weighted by Gasteiger charge is 2.37. The van der Waals surface area contributed by atoms with Crippen LogP contribution in [0.3, 0.4) is 0 Å². The van der Waals surface area contributed by atoms with Gasteiger partial charge in [-0.3, -0.25) is 0 Å². The molecule has 126 valence electrons. The monoisotopic (exact) mass is 297 g/mol. The van der Waals surface area contributed by atoms with Crippen LogP contribution in [0.15, 0.2) is 0 Å². The molecule has 0 amide bonds. The largest absolute Gasteiger partial charge is 0.371 e. The number of nitrogens with one attached hydrogen (secondary N) is 1. The fraction of sp³-hybridized carbons (Fsp3) is 1.00. The highest BCUT2D eigenvalue weighted by atomic mass is 16.5. The van der Waals surface area contributed by atoms with E-state index in [2.05, 4.69) is 40.1 Å². The van der Waals surface area contributed by atoms with Crippen LogP contribution in [0.5, 0.6) is 0 Å². The van der Waals surface area contributed by atoms with E-state index in [0.717, 1.165) is 18.4 Å². The van der Waals surface area contributed by atoms with E-state index in [1.807, 2.05) is 0 Å². The molecule has 0 aliphatic heterocycles. The Morgan fingerprint density at radius 2 is 1.76 bits per heavy atom. The Hall–Kier alpha value is -0.0800. The lowest BCUT2D eigenvalue weighted by Gasteiger charge is -2.43. The fourth-order valence-corrected chi connectivity index (χ4v) is 3.84. The van der Waals surface area contributed by atoms with Gasteiger partial charge in [0.15, 0.2) is 0 Å². The lowest BCUT2D eigenvalue weighted by atomic mass is 9.74. The van der Waals surface area contributed by atoms with Crippen molar-refractivity contribution < 1.29 is 4.74 Å². The third-order valence-electron chi connectivity index (χ3n) is 5.30. The maximum absolute atomic E-state index is 6.57. The third kappa shape index (κ3) is 6.69. The van der Waals surface area contributed by atoms with Crippen molar-refractivity contribution in [2.24, 2.45) is 11.8 Å². The summed E-state index contributed by atoms with van der Waals surface area (Å²) in [5, 5.41) is 3.38. The standard InChI is InChI=1S/C19H39NO/c1-6-7-8-9-10-17(4)21-19(15-20-5)13-11-18(12-14-19)16(2)3/h16-18,20H,6-15H2,1-5H3. The van der Waals surface area contributed by atoms with Crippen LogP contribution in [0.25, 0.3) is 0 Å². The highest BCUT2D eigenvalue weighted by molar-refractivity contribution is 4.90. The van der Waals surface area contributed by atoms with Crippen LogP contribution in [-0.4, -0.2) is 25.3 Å². The summed E-state index contributed by atoms with van der Waals surface area (Å²) in [4.78, 5) is 0. The van der Waals surface area contributed by atoms with Crippen molar-refractivity contribution in [1.82, 2.24) is 5.32 Å². The predicted octanol–water partition coefficient (Wildman–Crippen LogP) is 5.17. The van der Waals surface area contributed by atoms with Gasteiger partial charge in [-0.15, -0.1) is 0 Å². The van der Waals surface area contributed by atoms with E-state index in [0.29, 0.717) is 6.10 Å². The van der Waals surface area contributed by atoms with Crippen molar-refractivity contribution in [1.29, 1.82) is 0 Å². The predicted molar refractivity (Wildman–Crippen MR) is 92.8 cm³/mol. The maximum atomic E-state index is 6.57. The average Bonchev–Trinajstić information content (AvgIpc) is 2.44. The lowest BCUT2D eigenvalue weighted by Crippen LogP contribution is -2.47. The molecule has 1 atom stereocenters. The summed E-state index contributed by atoms with van der Waals surface area (Å²) < 4.78 is 6.57. The Morgan fingerprint density at radius 3 is 2.29 bits per heavy atom. The molecule has 1 rings (SSSR count). The number of unbranched alkanes of at least 4 members (excludes halogenated alkanes) is 3. The summed E-state index contributed by atoms with van der Waals surface area (Å²) in [5.41, 5.74) is 0.102. The van der Waals surface area contributed by atoms with Gasteiger partial charge in [-0.2, -0.15) is 0 Å². The van der Waals surface area contributed by atoms with E-state index in [9.17, 15) is 0 Å². The van der Waals surface area contributed by atoms with Crippen LogP contribution in [0.4, 0.5) is 0 Å². The van der Waals surface area contributed by atoms with Crippen molar-refractivity contribution in [2.75, 3.05) is 13.6 Å². The minimum atomic E-state index is 0.102. The molecular weight excluding hydrogens is 258 g/mol. The molecule has 1 N–H and O–H groups in total. The zero-order valence-corrected chi connectivity index (χ0v) is 15.2. The van der Waals surface area contributed by atoms with Crippen LogP contribution in [0.1, 0.15) is 85.5 Å². The molecular formula is C19H39NO. The summed E-state index contributed by atoms with van der Waals surface area (Å²) in [5.74, 6) is 1.72. The van der Waals surface area contributed by atoms with E-state index >= 15 is 0 Å². The van der Waals surface area contributed by atoms with Crippen LogP contribution in [-0.2, 0) is 4.74 Å². The van der Waals surface area contributed by atoms with E-state index in [-0.39, 0.29) is 5.60 Å². The summed E-state index contributed by atoms with van der Waals surface area (Å²) >= 11 is 0. The summed E-state index contributed by atoms with van der Waals surface area (Å²) in [6.45, 7) is 10.3. The van der Waals surface area contributed by atoms with E-state index < -0.39 is 0 Å². The first-order valence-electron chi connectivity index (χ1n) is 9.35. The number of rotatable bonds is 10. The van der Waals surface area contributed by atoms with E-state index in [1.165, 1.54) is 57.8 Å². The Balaban J connectivity index is 2.42. The molecule has 1 fully saturated rings. The quantitative estimate of drug-likeness (QED) is 0.562. The number of hydrogen-bond donors (Lipinski definition) is 1. The third-order valence-corrected chi connectivity index (χ3v) is 5.30. The Labute approximate surface area is 133 Å². The molecule has 1 aliphatic carbocycles. The van der Waals surface area contributed by atoms with Crippen molar-refractivity contribution in [3.05, 3.63) is 0 Å². The van der Waals surface area contributed by atoms with Gasteiger partial charge in [0.2, 0.25) is 0 Å². The van der Waals surface area contributed by atoms with Gasteiger partial charge in [0.1, 0.15) is 0 Å². The van der Waals surface area contributed by atoms with Gasteiger partial charge in [0.25, 0.3) is 0 Å². The molecule has 0 heterocycles. The molecule has 2 heteroatoms. The first kappa shape index (κ1) is 19.0. The van der Waals surface area contributed by atoms with Gasteiger partial charge in [-0.1, -0.05) is 46.5 Å². The molecule has 0 aromatic rings. The van der Waals surface area contributed by atoms with E-state index in [1.54, 1.807) is 0 Å². The van der Waals surface area contributed by atoms with Crippen LogP contribution in [0, 0.1) is 11.8 Å². The number of hydrogen-bond acceptors (Lipinski definition) is 2. The van der Waals surface area contributed by atoms with Gasteiger partial charge >= 0.3 is 0 Å². The van der Waals surface area contributed by atoms with Crippen molar-refractivity contribution in [2.45, 2.75) is 97.2 Å². The summed E-state index contributed by atoms with van der Waals surface area (Å²) in [7, 11) is 2.06. The van der Waals surface area contributed by atoms with E-state index in [4.69, 9.17) is 4.74 Å². The second-order valence-electron chi connectivity index (χ2n) is 7.57. The molecule has 1 aliphatic rings. The molecule has 0 radical (unpaired) electrons. The Kier molecular flexibility index (Phi) is 8.89. The second kappa shape index (κ2) is 9.84. The molecule has 0 saturated heterocycles. The first-order valence-corrected chi connectivity index (χ1v) is 9.35. The average molecular weight is 298 g/mol. The molecule has 1 unspecified atom stereocenters. The maximum Gasteiger partial charge on any atom is 0.0810 e. The molecule has 2 nitrogen and oxygen atoms in total. The van der Waals surface area contributed by atoms with Crippen molar-refractivity contribution in [3.8, 4) is 0 Å². The topological polar surface area (TPSA) is 21.3 Å². The minimum Gasteiger partial charge on any atom is -0.371 e. The lowest BCUT2D eigenvalue weighted by molar-refractivity contribution is -0.116. The van der Waals surface area contributed by atoms with Gasteiger partial charge < -0.3 is 10.1 Å². The van der Waals surface area contributed by atoms with Gasteiger partial charge in [0, 0.05) is 6.54 Å². The number of likely N-dealkylation sites (N-methyl/N-ethyl adjacent to an activating group) is 1. The van der Waals surface area contributed by atoms with Crippen LogP contribution >= 0.6 is 0 Å². The normalized spacial score (nSPS) is 28.0. The molecule has 1 saturated carbocycles. The molecule has 0 aromatic heterocycles. The Bertz CT molecular complexity index is 256. The van der Waals surface area contributed by atoms with Crippen molar-refractivity contribution in [3.63, 3.8) is 0 Å². The molecule has 0 spiro atoms. The second-order valence-corrected chi connectivity index (χ2v) is 7.57. The zero-order chi connectivity index (χ0) is 15.7. The van der Waals surface area contributed by atoms with Gasteiger partial charge in [0.05, 0.1) is 11.7 Å². The minimum absolute atomic E-state index is 0.102. The Morgan fingerprint density at radius 1 is 1.10 bits per heavy atom. The van der Waals surface area contributed by atoms with Crippen LogP contribution in [0.2, 0.25) is 0 Å². The van der Waals surface area contributed by atoms with Crippen LogP contribution < -0.4 is 5.32 Å². The molecule has 21 heavy (non-hydrogen) atoms. The smallest absolute Gasteiger partial charge is 0.0810 e. The summed E-state index contributed by atoms with van der Waals surface area (Å²) in [6, 6.07) is 0. The van der Waals surface area contributed by atoms with Crippen molar-refractivity contribution >= 4 is 0 Å². The van der Waals surface area contributed by atoms with Gasteiger partial charge in [-0.05, 0) is 57.9 Å². The van der Waals surface area contributed by atoms with Gasteiger partial charge in [-0.25, -0.2) is 0 Å². The molecule has 0 bridgehead atoms. The fourth-order valence-electron chi connectivity index (χ4n) is 3.84. The molecule has 0 aromatic carbocycles.